The summed E-state index contributed by atoms with van der Waals surface area (Å²) in [4.78, 5) is 0. The molecule has 0 aromatic heterocycles. The van der Waals surface area contributed by atoms with Crippen molar-refractivity contribution < 1.29 is 23.7 Å². The van der Waals surface area contributed by atoms with E-state index in [9.17, 15) is 0 Å². The Kier molecular flexibility index (Phi) is 5.02. The quantitative estimate of drug-likeness (QED) is 0.433. The fourth-order valence-corrected chi connectivity index (χ4v) is 4.52. The topological polar surface area (TPSA) is 111 Å². The van der Waals surface area contributed by atoms with Gasteiger partial charge in [-0.3, -0.25) is 0 Å². The van der Waals surface area contributed by atoms with Crippen molar-refractivity contribution in [1.82, 2.24) is 0 Å². The van der Waals surface area contributed by atoms with Crippen molar-refractivity contribution in [2.24, 2.45) is 0 Å². The summed E-state index contributed by atoms with van der Waals surface area (Å²) < 4.78 is 29.0. The van der Waals surface area contributed by atoms with E-state index >= 15 is 0 Å². The molecule has 4 N–H and O–H groups in total. The summed E-state index contributed by atoms with van der Waals surface area (Å²) in [7, 11) is 0. The van der Waals surface area contributed by atoms with Crippen molar-refractivity contribution >= 4 is 11.4 Å². The number of benzene rings is 2. The molecule has 0 saturated carbocycles. The van der Waals surface area contributed by atoms with Gasteiger partial charge >= 0.3 is 0 Å². The Labute approximate surface area is 187 Å². The predicted molar refractivity (Wildman–Crippen MR) is 120 cm³/mol. The Hall–Kier alpha value is -2.32. The SMILES string of the molecule is Cc1c(N)c(CC2CO2)c(Oc2ccc(N)cc2CC2CO2)c(CC2CO2)c1CC1CO1. The van der Waals surface area contributed by atoms with Crippen LogP contribution in [-0.4, -0.2) is 50.8 Å². The van der Waals surface area contributed by atoms with E-state index < -0.39 is 0 Å². The predicted octanol–water partition coefficient (Wildman–Crippen LogP) is 2.72. The molecule has 32 heavy (non-hydrogen) atoms. The summed E-state index contributed by atoms with van der Waals surface area (Å²) >= 11 is 0. The second-order valence-corrected chi connectivity index (χ2v) is 9.41. The Morgan fingerprint density at radius 1 is 0.781 bits per heavy atom. The highest BCUT2D eigenvalue weighted by Crippen LogP contribution is 2.44. The minimum Gasteiger partial charge on any atom is -0.456 e. The van der Waals surface area contributed by atoms with Gasteiger partial charge in [0.15, 0.2) is 0 Å². The van der Waals surface area contributed by atoms with Gasteiger partial charge in [-0.25, -0.2) is 0 Å². The van der Waals surface area contributed by atoms with Crippen LogP contribution in [-0.2, 0) is 44.6 Å². The molecule has 2 aromatic rings. The van der Waals surface area contributed by atoms with Gasteiger partial charge in [-0.2, -0.15) is 0 Å². The molecular weight excluding hydrogens is 408 g/mol. The zero-order valence-electron chi connectivity index (χ0n) is 18.4. The van der Waals surface area contributed by atoms with Crippen LogP contribution in [0.2, 0.25) is 0 Å². The van der Waals surface area contributed by atoms with Crippen LogP contribution in [0, 0.1) is 6.92 Å². The lowest BCUT2D eigenvalue weighted by Crippen LogP contribution is -2.14. The summed E-state index contributed by atoms with van der Waals surface area (Å²) in [5.74, 6) is 1.67. The molecule has 6 rings (SSSR count). The molecule has 0 aliphatic carbocycles. The van der Waals surface area contributed by atoms with Crippen LogP contribution in [0.15, 0.2) is 18.2 Å². The lowest BCUT2D eigenvalue weighted by Gasteiger charge is -2.24. The average molecular weight is 439 g/mol. The van der Waals surface area contributed by atoms with Crippen molar-refractivity contribution in [2.45, 2.75) is 57.0 Å². The summed E-state index contributed by atoms with van der Waals surface area (Å²) in [6, 6.07) is 5.83. The lowest BCUT2D eigenvalue weighted by atomic mass is 9.88. The molecule has 4 heterocycles. The molecule has 4 aliphatic rings. The van der Waals surface area contributed by atoms with E-state index in [-0.39, 0.29) is 24.4 Å². The van der Waals surface area contributed by atoms with Gasteiger partial charge in [0.1, 0.15) is 11.5 Å². The molecule has 0 amide bonds. The first-order valence-corrected chi connectivity index (χ1v) is 11.5. The second kappa shape index (κ2) is 7.92. The fraction of sp³-hybridized carbons (Fsp3) is 0.520. The highest BCUT2D eigenvalue weighted by molar-refractivity contribution is 5.68. The minimum atomic E-state index is 0.201. The number of nitrogen functional groups attached to an aromatic ring is 2. The molecular formula is C25H30N2O5. The molecule has 170 valence electrons. The highest BCUT2D eigenvalue weighted by Gasteiger charge is 2.35. The van der Waals surface area contributed by atoms with Crippen molar-refractivity contribution in [3.8, 4) is 11.5 Å². The average Bonchev–Trinajstić information content (AvgIpc) is 3.61. The van der Waals surface area contributed by atoms with Gasteiger partial charge in [-0.05, 0) is 41.8 Å². The van der Waals surface area contributed by atoms with Gasteiger partial charge < -0.3 is 35.2 Å². The third-order valence-corrected chi connectivity index (χ3v) is 6.74. The maximum absolute atomic E-state index is 6.75. The third kappa shape index (κ3) is 4.43. The molecule has 4 unspecified atom stereocenters. The van der Waals surface area contributed by atoms with Crippen LogP contribution < -0.4 is 16.2 Å². The summed E-state index contributed by atoms with van der Waals surface area (Å²) in [6.45, 7) is 5.25. The first kappa shape index (κ1) is 20.3. The van der Waals surface area contributed by atoms with Gasteiger partial charge in [0, 0.05) is 48.2 Å². The molecule has 4 atom stereocenters. The number of nitrogens with two attached hydrogens (primary N) is 2. The maximum atomic E-state index is 6.75. The Bertz CT molecular complexity index is 1040. The Morgan fingerprint density at radius 3 is 1.91 bits per heavy atom. The second-order valence-electron chi connectivity index (χ2n) is 9.41. The molecule has 4 saturated heterocycles. The molecule has 0 radical (unpaired) electrons. The number of epoxide rings is 4. The number of anilines is 2. The van der Waals surface area contributed by atoms with E-state index in [1.165, 1.54) is 11.1 Å². The first-order chi connectivity index (χ1) is 15.5. The Balaban J connectivity index is 1.45. The van der Waals surface area contributed by atoms with Crippen molar-refractivity contribution in [2.75, 3.05) is 37.9 Å². The van der Waals surface area contributed by atoms with Gasteiger partial charge in [0.05, 0.1) is 50.8 Å². The van der Waals surface area contributed by atoms with E-state index in [1.807, 2.05) is 18.2 Å². The van der Waals surface area contributed by atoms with E-state index in [1.54, 1.807) is 0 Å². The number of ether oxygens (including phenoxy) is 5. The zero-order chi connectivity index (χ0) is 21.8. The van der Waals surface area contributed by atoms with Crippen LogP contribution in [0.25, 0.3) is 0 Å². The van der Waals surface area contributed by atoms with Crippen LogP contribution in [0.4, 0.5) is 11.4 Å². The first-order valence-electron chi connectivity index (χ1n) is 11.5. The van der Waals surface area contributed by atoms with E-state index in [0.717, 1.165) is 91.7 Å². The van der Waals surface area contributed by atoms with E-state index in [0.29, 0.717) is 0 Å². The molecule has 4 aliphatic heterocycles. The maximum Gasteiger partial charge on any atom is 0.136 e. The highest BCUT2D eigenvalue weighted by atomic mass is 16.6. The van der Waals surface area contributed by atoms with E-state index in [4.69, 9.17) is 35.2 Å². The lowest BCUT2D eigenvalue weighted by molar-refractivity contribution is 0.390. The third-order valence-electron chi connectivity index (χ3n) is 6.74. The molecule has 7 nitrogen and oxygen atoms in total. The summed E-state index contributed by atoms with van der Waals surface area (Å²) in [5.41, 5.74) is 20.0. The van der Waals surface area contributed by atoms with Gasteiger partial charge in [0.25, 0.3) is 0 Å². The largest absolute Gasteiger partial charge is 0.456 e. The van der Waals surface area contributed by atoms with Gasteiger partial charge in [-0.15, -0.1) is 0 Å². The normalized spacial score (nSPS) is 27.3. The van der Waals surface area contributed by atoms with Crippen LogP contribution >= 0.6 is 0 Å². The summed E-state index contributed by atoms with van der Waals surface area (Å²) in [5, 5.41) is 0. The molecule has 2 aromatic carbocycles. The van der Waals surface area contributed by atoms with Crippen molar-refractivity contribution in [3.63, 3.8) is 0 Å². The van der Waals surface area contributed by atoms with Crippen LogP contribution in [0.5, 0.6) is 11.5 Å². The summed E-state index contributed by atoms with van der Waals surface area (Å²) in [6.07, 6.45) is 4.12. The van der Waals surface area contributed by atoms with Gasteiger partial charge in [-0.1, -0.05) is 0 Å². The monoisotopic (exact) mass is 438 g/mol. The number of hydrogen-bond donors (Lipinski definition) is 2. The van der Waals surface area contributed by atoms with Crippen molar-refractivity contribution in [1.29, 1.82) is 0 Å². The Morgan fingerprint density at radius 2 is 1.31 bits per heavy atom. The van der Waals surface area contributed by atoms with Gasteiger partial charge in [0.2, 0.25) is 0 Å². The van der Waals surface area contributed by atoms with Crippen molar-refractivity contribution in [3.05, 3.63) is 46.0 Å². The smallest absolute Gasteiger partial charge is 0.136 e. The molecule has 0 spiro atoms. The molecule has 4 fully saturated rings. The number of rotatable bonds is 10. The van der Waals surface area contributed by atoms with Crippen LogP contribution in [0.3, 0.4) is 0 Å². The van der Waals surface area contributed by atoms with Crippen LogP contribution in [0.1, 0.15) is 27.8 Å². The molecule has 0 bridgehead atoms. The zero-order valence-corrected chi connectivity index (χ0v) is 18.4. The number of hydrogen-bond acceptors (Lipinski definition) is 7. The van der Waals surface area contributed by atoms with E-state index in [2.05, 4.69) is 6.92 Å². The minimum absolute atomic E-state index is 0.201. The fourth-order valence-electron chi connectivity index (χ4n) is 4.52. The molecule has 7 heteroatoms. The standard InChI is InChI=1S/C25H30N2O5/c1-13-20(6-17-10-29-17)21(7-18-11-30-18)25(22(24(13)27)8-19-12-31-19)32-23-3-2-15(26)4-14(23)5-16-9-28-16/h2-4,16-19H,5-12,26-27H2,1H3.